The lowest BCUT2D eigenvalue weighted by atomic mass is 10.0. The monoisotopic (exact) mass is 698 g/mol. The number of fused-ring (bicyclic) bond motifs is 3. The van der Waals surface area contributed by atoms with Crippen LogP contribution in [0.15, 0.2) is 35.3 Å². The SMILES string of the molecule is CP1(=O)OCC2=C(O)C(OP(O)(=S)OC[C@]34COC(C3O1)[C@H](n1cnc3c(N)ncnc31)O4)[C@H](n1cnc3c(=O)[nH]c(N)nc31)O2. The summed E-state index contributed by atoms with van der Waals surface area (Å²) in [6, 6.07) is 0. The maximum absolute atomic E-state index is 13.7. The smallest absolute Gasteiger partial charge is 0.328 e. The minimum Gasteiger partial charge on any atom is -0.506 e. The Morgan fingerprint density at radius 3 is 2.63 bits per heavy atom. The van der Waals surface area contributed by atoms with E-state index in [2.05, 4.69) is 29.9 Å². The van der Waals surface area contributed by atoms with Crippen molar-refractivity contribution in [1.82, 2.24) is 39.0 Å². The standard InChI is InChI=1S/C22H24N10O11P2S/c1-44(35)38-2-8-11(33)12(19(40-8)32-7-28-10-17(32)29-21(24)30-18(10)34)42-45(36,46)39-4-22-3-37-13(14(22)43-44)20(41-22)31-6-27-9-15(23)25-5-26-16(9)31/h5-7,12-14,19-20,33H,2-4H2,1H3,(H,36,46)(H2,23,25,26)(H3,24,29,30,34)/t12?,13?,14?,19-,20-,22-,44?,45?/m1/s1. The molecule has 4 bridgehead atoms. The summed E-state index contributed by atoms with van der Waals surface area (Å²) < 4.78 is 58.2. The van der Waals surface area contributed by atoms with Crippen molar-refractivity contribution in [3.05, 3.63) is 40.9 Å². The van der Waals surface area contributed by atoms with Gasteiger partial charge in [0, 0.05) is 6.66 Å². The summed E-state index contributed by atoms with van der Waals surface area (Å²) in [7, 11) is -3.97. The molecular weight excluding hydrogens is 674 g/mol. The minimum absolute atomic E-state index is 0.0204. The highest BCUT2D eigenvalue weighted by atomic mass is 32.5. The van der Waals surface area contributed by atoms with E-state index >= 15 is 0 Å². The van der Waals surface area contributed by atoms with E-state index in [1.165, 1.54) is 30.2 Å². The number of nitrogens with one attached hydrogen (secondary N) is 1. The summed E-state index contributed by atoms with van der Waals surface area (Å²) in [6.45, 7) is -4.15. The average Bonchev–Trinajstić information content (AvgIpc) is 3.80. The number of H-pyrrole nitrogens is 1. The zero-order valence-corrected chi connectivity index (χ0v) is 26.0. The second kappa shape index (κ2) is 10.2. The van der Waals surface area contributed by atoms with E-state index in [1.807, 2.05) is 0 Å². The number of aromatic amines is 1. The van der Waals surface area contributed by atoms with Gasteiger partial charge in [-0.2, -0.15) is 4.98 Å². The molecule has 2 fully saturated rings. The van der Waals surface area contributed by atoms with Crippen LogP contribution in [-0.2, 0) is 48.7 Å². The fourth-order valence-electron chi connectivity index (χ4n) is 5.81. The Hall–Kier alpha value is -3.56. The Bertz CT molecular complexity index is 2110. The summed E-state index contributed by atoms with van der Waals surface area (Å²) in [5, 5.41) is 11.1. The number of aliphatic hydroxyl groups excluding tert-OH is 1. The number of aliphatic hydroxyl groups is 1. The van der Waals surface area contributed by atoms with E-state index < -0.39 is 75.2 Å². The Kier molecular flexibility index (Phi) is 6.62. The van der Waals surface area contributed by atoms with E-state index in [4.69, 9.17) is 55.6 Å². The van der Waals surface area contributed by atoms with Crippen molar-refractivity contribution < 1.29 is 46.9 Å². The van der Waals surface area contributed by atoms with Gasteiger partial charge in [-0.15, -0.1) is 0 Å². The van der Waals surface area contributed by atoms with Crippen molar-refractivity contribution in [2.24, 2.45) is 0 Å². The first-order chi connectivity index (χ1) is 21.8. The number of hydrogen-bond acceptors (Lipinski definition) is 18. The summed E-state index contributed by atoms with van der Waals surface area (Å²) in [4.78, 5) is 46.6. The number of imidazole rings is 2. The fourth-order valence-corrected chi connectivity index (χ4v) is 8.32. The summed E-state index contributed by atoms with van der Waals surface area (Å²) in [5.41, 5.74) is 10.2. The number of aromatic nitrogens is 8. The molecule has 0 aliphatic carbocycles. The lowest BCUT2D eigenvalue weighted by Gasteiger charge is -2.33. The number of nitrogen functional groups attached to an aromatic ring is 2. The van der Waals surface area contributed by atoms with Gasteiger partial charge in [-0.05, 0) is 11.8 Å². The minimum atomic E-state index is -4.24. The molecule has 24 heteroatoms. The van der Waals surface area contributed by atoms with E-state index in [0.29, 0.717) is 11.2 Å². The van der Waals surface area contributed by atoms with Crippen LogP contribution in [0, 0.1) is 0 Å². The number of ether oxygens (including phenoxy) is 3. The van der Waals surface area contributed by atoms with Gasteiger partial charge < -0.3 is 44.7 Å². The Morgan fingerprint density at radius 1 is 1.07 bits per heavy atom. The van der Waals surface area contributed by atoms with Crippen molar-refractivity contribution in [1.29, 1.82) is 0 Å². The van der Waals surface area contributed by atoms with E-state index in [1.54, 1.807) is 4.57 Å². The van der Waals surface area contributed by atoms with Gasteiger partial charge >= 0.3 is 14.3 Å². The molecule has 4 aliphatic heterocycles. The van der Waals surface area contributed by atoms with Gasteiger partial charge in [0.1, 0.15) is 42.6 Å². The zero-order valence-electron chi connectivity index (χ0n) is 23.4. The number of hydrogen-bond donors (Lipinski definition) is 5. The van der Waals surface area contributed by atoms with Crippen LogP contribution >= 0.6 is 14.3 Å². The third-order valence-electron chi connectivity index (χ3n) is 7.89. The van der Waals surface area contributed by atoms with E-state index in [-0.39, 0.29) is 35.3 Å². The quantitative estimate of drug-likeness (QED) is 0.171. The molecule has 5 unspecified atom stereocenters. The summed E-state index contributed by atoms with van der Waals surface area (Å²) in [6.07, 6.45) is -1.81. The van der Waals surface area contributed by atoms with Crippen molar-refractivity contribution in [3.63, 3.8) is 0 Å². The van der Waals surface area contributed by atoms with Crippen LogP contribution in [0.4, 0.5) is 11.8 Å². The molecule has 46 heavy (non-hydrogen) atoms. The third kappa shape index (κ3) is 4.64. The lowest BCUT2D eigenvalue weighted by Crippen LogP contribution is -2.45. The topological polar surface area (TPSA) is 281 Å². The second-order valence-electron chi connectivity index (χ2n) is 10.9. The van der Waals surface area contributed by atoms with Crippen LogP contribution in [0.1, 0.15) is 12.5 Å². The van der Waals surface area contributed by atoms with Gasteiger partial charge in [-0.1, -0.05) is 0 Å². The molecule has 4 aliphatic rings. The molecule has 21 nitrogen and oxygen atoms in total. The maximum atomic E-state index is 13.7. The highest BCUT2D eigenvalue weighted by molar-refractivity contribution is 8.07. The van der Waals surface area contributed by atoms with Crippen LogP contribution in [0.5, 0.6) is 0 Å². The molecule has 8 atom stereocenters. The van der Waals surface area contributed by atoms with Gasteiger partial charge in [0.2, 0.25) is 12.2 Å². The molecule has 244 valence electrons. The number of anilines is 2. The number of nitrogens with zero attached hydrogens (tertiary/aromatic N) is 7. The average molecular weight is 699 g/mol. The maximum Gasteiger partial charge on any atom is 0.328 e. The first-order valence-electron chi connectivity index (χ1n) is 13.4. The molecule has 0 amide bonds. The van der Waals surface area contributed by atoms with Gasteiger partial charge in [-0.3, -0.25) is 32.5 Å². The first kappa shape index (κ1) is 29.8. The van der Waals surface area contributed by atoms with Crippen molar-refractivity contribution in [2.45, 2.75) is 36.4 Å². The van der Waals surface area contributed by atoms with Gasteiger partial charge in [0.05, 0.1) is 19.5 Å². The second-order valence-corrected chi connectivity index (χ2v) is 15.7. The largest absolute Gasteiger partial charge is 0.506 e. The Morgan fingerprint density at radius 2 is 1.83 bits per heavy atom. The Labute approximate surface area is 261 Å². The molecule has 4 aromatic rings. The molecule has 8 rings (SSSR count). The number of rotatable bonds is 2. The predicted molar refractivity (Wildman–Crippen MR) is 156 cm³/mol. The van der Waals surface area contributed by atoms with Crippen LogP contribution in [0.25, 0.3) is 22.3 Å². The normalized spacial score (nSPS) is 36.3. The molecule has 0 saturated carbocycles. The zero-order chi connectivity index (χ0) is 32.2. The first-order valence-corrected chi connectivity index (χ1v) is 18.0. The highest BCUT2D eigenvalue weighted by Gasteiger charge is 2.65. The summed E-state index contributed by atoms with van der Waals surface area (Å²) in [5.74, 6) is -0.840. The molecule has 0 spiro atoms. The highest BCUT2D eigenvalue weighted by Crippen LogP contribution is 2.58. The molecular formula is C22H24N10O11P2S. The summed E-state index contributed by atoms with van der Waals surface area (Å²) >= 11 is 5.34. The fraction of sp³-hybridized carbons (Fsp3) is 0.455. The van der Waals surface area contributed by atoms with Gasteiger partial charge in [-0.25, -0.2) is 19.9 Å². The lowest BCUT2D eigenvalue weighted by molar-refractivity contribution is -0.183. The molecule has 4 aromatic heterocycles. The molecule has 2 saturated heterocycles. The Balaban J connectivity index is 1.15. The molecule has 7 N–H and O–H groups in total. The van der Waals surface area contributed by atoms with Crippen molar-refractivity contribution in [2.75, 3.05) is 38.0 Å². The van der Waals surface area contributed by atoms with Crippen LogP contribution < -0.4 is 17.0 Å². The van der Waals surface area contributed by atoms with Gasteiger partial charge in [0.25, 0.3) is 5.56 Å². The van der Waals surface area contributed by atoms with Gasteiger partial charge in [0.15, 0.2) is 46.5 Å². The molecule has 8 heterocycles. The molecule has 0 radical (unpaired) electrons. The van der Waals surface area contributed by atoms with Crippen LogP contribution in [0.2, 0.25) is 0 Å². The van der Waals surface area contributed by atoms with Crippen molar-refractivity contribution in [3.8, 4) is 0 Å². The third-order valence-corrected chi connectivity index (χ3v) is 10.6. The van der Waals surface area contributed by atoms with Crippen LogP contribution in [0.3, 0.4) is 0 Å². The molecule has 0 aromatic carbocycles. The number of nitrogens with two attached hydrogens (primary N) is 2. The van der Waals surface area contributed by atoms with Crippen molar-refractivity contribution >= 4 is 60.2 Å². The van der Waals surface area contributed by atoms with E-state index in [9.17, 15) is 19.4 Å². The van der Waals surface area contributed by atoms with Crippen LogP contribution in [-0.4, -0.2) is 99.4 Å². The predicted octanol–water partition coefficient (Wildman–Crippen LogP) is -0.0544. The van der Waals surface area contributed by atoms with E-state index in [0.717, 1.165) is 0 Å².